The molecule has 1 saturated carbocycles. The summed E-state index contributed by atoms with van der Waals surface area (Å²) in [6.07, 6.45) is 9.50. The van der Waals surface area contributed by atoms with Gasteiger partial charge in [-0.15, -0.1) is 4.36 Å². The molecule has 0 aromatic heterocycles. The van der Waals surface area contributed by atoms with E-state index in [0.29, 0.717) is 48.7 Å². The molecule has 10 nitrogen and oxygen atoms in total. The highest BCUT2D eigenvalue weighted by molar-refractivity contribution is 7.92. The zero-order valence-electron chi connectivity index (χ0n) is 28.9. The molecule has 3 heterocycles. The maximum absolute atomic E-state index is 14.5. The third-order valence-corrected chi connectivity index (χ3v) is 12.8. The number of rotatable bonds is 3. The minimum Gasteiger partial charge on any atom is -0.491 e. The Balaban J connectivity index is 1.42. The molecule has 4 aliphatic rings. The van der Waals surface area contributed by atoms with E-state index in [2.05, 4.69) is 38.3 Å². The van der Waals surface area contributed by atoms with Gasteiger partial charge in [0.25, 0.3) is 5.91 Å². The number of anilines is 1. The van der Waals surface area contributed by atoms with Gasteiger partial charge in [-0.1, -0.05) is 36.7 Å². The van der Waals surface area contributed by atoms with Gasteiger partial charge in [0.1, 0.15) is 15.7 Å². The third kappa shape index (κ3) is 8.11. The molecule has 2 bridgehead atoms. The lowest BCUT2D eigenvalue weighted by molar-refractivity contribution is -0.0508. The second kappa shape index (κ2) is 15.4. The fourth-order valence-electron chi connectivity index (χ4n) is 7.48. The zero-order valence-corrected chi connectivity index (χ0v) is 30.5. The van der Waals surface area contributed by atoms with Crippen molar-refractivity contribution in [3.8, 4) is 5.75 Å². The summed E-state index contributed by atoms with van der Waals surface area (Å²) in [5.41, 5.74) is 3.47. The Morgan fingerprint density at radius 1 is 1.06 bits per heavy atom. The number of ether oxygens (including phenoxy) is 3. The van der Waals surface area contributed by atoms with Crippen molar-refractivity contribution in [2.45, 2.75) is 77.2 Å². The van der Waals surface area contributed by atoms with E-state index in [0.717, 1.165) is 44.3 Å². The maximum Gasteiger partial charge on any atom is 0.330 e. The SMILES string of the molecule is CO[C@H]1/C=C/C[C@H](C)CS(=O)(NC(=O)N2C[C@@H](OC)[C@@H]2C)=NC(=O)c2ccc3c(c2)N(Cc2ccc(Cl)cc2CCCCO3)C[C@@H]2CC[C@H]21. The average Bonchev–Trinajstić information content (AvgIpc) is 3.07. The average molecular weight is 713 g/mol. The molecule has 266 valence electrons. The molecule has 6 rings (SSSR count). The first-order valence-electron chi connectivity index (χ1n) is 17.5. The van der Waals surface area contributed by atoms with Gasteiger partial charge in [-0.05, 0) is 105 Å². The Morgan fingerprint density at radius 2 is 1.90 bits per heavy atom. The van der Waals surface area contributed by atoms with E-state index >= 15 is 0 Å². The van der Waals surface area contributed by atoms with Crippen molar-refractivity contribution in [1.82, 2.24) is 9.62 Å². The van der Waals surface area contributed by atoms with Gasteiger partial charge in [0, 0.05) is 37.9 Å². The maximum atomic E-state index is 14.5. The zero-order chi connectivity index (χ0) is 34.7. The standard InChI is InChI=1S/C37H49ClN4O6S/c1-24-8-7-10-33(46-3)31-15-12-29(31)21-41-20-28-11-14-30(38)18-26(28)9-5-6-17-48-34-16-13-27(19-32(34)41)36(43)39-49(45,23-24)40-37(44)42-22-35(47-4)25(42)2/h7,10-11,13-14,16,18-19,24-25,29,31,33,35H,5-6,8-9,12,15,17,20-23H2,1-4H3,(H,39,40,43,44,45)/b10-7+/t24-,25-,29-,31+,33-,35+,49?/m0/s1. The number of methoxy groups -OCH3 is 2. The van der Waals surface area contributed by atoms with E-state index in [1.165, 1.54) is 11.1 Å². The second-order valence-electron chi connectivity index (χ2n) is 14.0. The van der Waals surface area contributed by atoms with E-state index in [1.807, 2.05) is 32.0 Å². The predicted molar refractivity (Wildman–Crippen MR) is 193 cm³/mol. The number of benzene rings is 2. The predicted octanol–water partition coefficient (Wildman–Crippen LogP) is 6.65. The molecule has 0 spiro atoms. The van der Waals surface area contributed by atoms with Gasteiger partial charge in [-0.25, -0.2) is 9.00 Å². The van der Waals surface area contributed by atoms with Gasteiger partial charge < -0.3 is 24.0 Å². The Kier molecular flexibility index (Phi) is 11.2. The quantitative estimate of drug-likeness (QED) is 0.355. The van der Waals surface area contributed by atoms with Gasteiger partial charge >= 0.3 is 6.03 Å². The van der Waals surface area contributed by atoms with Crippen LogP contribution in [0.15, 0.2) is 52.9 Å². The first kappa shape index (κ1) is 35.7. The normalized spacial score (nSPS) is 31.3. The van der Waals surface area contributed by atoms with Gasteiger partial charge in [0.15, 0.2) is 0 Å². The van der Waals surface area contributed by atoms with Crippen LogP contribution in [0.5, 0.6) is 5.75 Å². The summed E-state index contributed by atoms with van der Waals surface area (Å²) < 4.78 is 39.2. The van der Waals surface area contributed by atoms with Crippen LogP contribution in [-0.2, 0) is 32.4 Å². The number of halogens is 1. The van der Waals surface area contributed by atoms with Crippen LogP contribution in [0.25, 0.3) is 0 Å². The number of fused-ring (bicyclic) bond motifs is 3. The molecular formula is C37H49ClN4O6S. The number of nitrogens with zero attached hydrogens (tertiary/aromatic N) is 3. The summed E-state index contributed by atoms with van der Waals surface area (Å²) >= 11 is 6.46. The van der Waals surface area contributed by atoms with Crippen molar-refractivity contribution in [1.29, 1.82) is 0 Å². The molecule has 49 heavy (non-hydrogen) atoms. The van der Waals surface area contributed by atoms with Crippen molar-refractivity contribution in [3.05, 3.63) is 70.3 Å². The van der Waals surface area contributed by atoms with Crippen LogP contribution < -0.4 is 14.4 Å². The number of carbonyl (C=O) groups is 2. The lowest BCUT2D eigenvalue weighted by Gasteiger charge is -2.45. The summed E-state index contributed by atoms with van der Waals surface area (Å²) in [5.74, 6) is 0.637. The van der Waals surface area contributed by atoms with Crippen molar-refractivity contribution >= 4 is 39.1 Å². The number of allylic oxidation sites excluding steroid dienone is 1. The fraction of sp³-hybridized carbons (Fsp3) is 0.568. The molecule has 3 amide bonds. The van der Waals surface area contributed by atoms with Crippen molar-refractivity contribution in [3.63, 3.8) is 0 Å². The van der Waals surface area contributed by atoms with Crippen LogP contribution >= 0.6 is 11.6 Å². The molecular weight excluding hydrogens is 664 g/mol. The molecule has 7 atom stereocenters. The van der Waals surface area contributed by atoms with Crippen molar-refractivity contribution in [2.24, 2.45) is 22.1 Å². The lowest BCUT2D eigenvalue weighted by atomic mass is 9.70. The Hall–Kier alpha value is -3.12. The van der Waals surface area contributed by atoms with Gasteiger partial charge in [0.2, 0.25) is 0 Å². The Labute approximate surface area is 295 Å². The highest BCUT2D eigenvalue weighted by atomic mass is 35.5. The summed E-state index contributed by atoms with van der Waals surface area (Å²) in [7, 11) is -0.134. The number of urea groups is 1. The first-order chi connectivity index (χ1) is 23.6. The smallest absolute Gasteiger partial charge is 0.330 e. The monoisotopic (exact) mass is 712 g/mol. The number of nitrogens with one attached hydrogen (secondary N) is 1. The number of hydrogen-bond acceptors (Lipinski definition) is 7. The largest absolute Gasteiger partial charge is 0.491 e. The van der Waals surface area contributed by atoms with Crippen molar-refractivity contribution < 1.29 is 28.0 Å². The lowest BCUT2D eigenvalue weighted by Crippen LogP contribution is -2.64. The Bertz CT molecular complexity index is 1690. The number of likely N-dealkylation sites (tertiary alicyclic amines) is 1. The molecule has 3 aliphatic heterocycles. The number of aryl methyl sites for hydroxylation is 1. The highest BCUT2D eigenvalue weighted by Crippen LogP contribution is 2.42. The van der Waals surface area contributed by atoms with Crippen LogP contribution in [0.3, 0.4) is 0 Å². The van der Waals surface area contributed by atoms with E-state index in [-0.39, 0.29) is 35.5 Å². The summed E-state index contributed by atoms with van der Waals surface area (Å²) in [4.78, 5) is 31.2. The van der Waals surface area contributed by atoms with Gasteiger partial charge in [0.05, 0.1) is 42.8 Å². The minimum atomic E-state index is -3.50. The molecule has 2 aromatic carbocycles. The number of hydrogen-bond donors (Lipinski definition) is 1. The summed E-state index contributed by atoms with van der Waals surface area (Å²) in [5, 5.41) is 0.716. The highest BCUT2D eigenvalue weighted by Gasteiger charge is 2.40. The summed E-state index contributed by atoms with van der Waals surface area (Å²) in [6.45, 7) is 6.10. The number of carbonyl (C=O) groups excluding carboxylic acids is 2. The van der Waals surface area contributed by atoms with Gasteiger partial charge in [-0.2, -0.15) is 0 Å². The van der Waals surface area contributed by atoms with Crippen molar-refractivity contribution in [2.75, 3.05) is 44.6 Å². The molecule has 1 saturated heterocycles. The van der Waals surface area contributed by atoms with E-state index < -0.39 is 21.9 Å². The Morgan fingerprint density at radius 3 is 2.63 bits per heavy atom. The molecule has 2 fully saturated rings. The topological polar surface area (TPSA) is 110 Å². The van der Waals surface area contributed by atoms with E-state index in [1.54, 1.807) is 25.2 Å². The van der Waals surface area contributed by atoms with E-state index in [9.17, 15) is 13.8 Å². The first-order valence-corrected chi connectivity index (χ1v) is 19.5. The molecule has 2 aromatic rings. The van der Waals surface area contributed by atoms with Crippen LogP contribution in [-0.4, -0.2) is 79.0 Å². The van der Waals surface area contributed by atoms with Gasteiger partial charge in [-0.3, -0.25) is 9.52 Å². The van der Waals surface area contributed by atoms with E-state index in [4.69, 9.17) is 25.8 Å². The molecule has 1 aliphatic carbocycles. The minimum absolute atomic E-state index is 0.0218. The summed E-state index contributed by atoms with van der Waals surface area (Å²) in [6, 6.07) is 10.7. The molecule has 1 N–H and O–H groups in total. The van der Waals surface area contributed by atoms with Crippen LogP contribution in [0.1, 0.15) is 67.4 Å². The second-order valence-corrected chi connectivity index (χ2v) is 16.5. The molecule has 12 heteroatoms. The molecule has 0 radical (unpaired) electrons. The third-order valence-electron chi connectivity index (χ3n) is 10.6. The fourth-order valence-corrected chi connectivity index (χ4v) is 9.55. The molecule has 1 unspecified atom stereocenters. The van der Waals surface area contributed by atoms with Crippen LogP contribution in [0.2, 0.25) is 5.02 Å². The van der Waals surface area contributed by atoms with Crippen LogP contribution in [0.4, 0.5) is 10.5 Å². The number of amides is 3. The van der Waals surface area contributed by atoms with Crippen LogP contribution in [0, 0.1) is 17.8 Å².